The standard InChI is InChI=1S/C40H40O17/c1-22(41)50-31-30(55-40(53-25(4)44)35(52-24(3)43)33(31)51-23(2)42)21-49-39-34(57-38(47)28-18-12-7-13-19-28)32(56-37(46)27-16-10-6-11-17-27)29(54-39)20-48-36(45)26-14-8-5-9-15-26/h5-19,29-35,39-40H,20-21H2,1-4H3/t29-,30-,31-,32-,33+,34-,35-,39+,40-/m0/s1. The smallest absolute Gasteiger partial charge is 0.338 e. The molecule has 3 aromatic rings. The highest BCUT2D eigenvalue weighted by Gasteiger charge is 2.55. The number of esters is 7. The SMILES string of the molecule is CC(=O)O[C@H]1O[C@@H](CO[C@@H]2O[C@@H](COC(=O)c3ccccc3)[C@H](OC(=O)c3ccccc3)[C@@H]2OC(=O)c2ccccc2)[C@H](OC(C)=O)[C@@H](OC(C)=O)[C@@H]1OC(C)=O. The summed E-state index contributed by atoms with van der Waals surface area (Å²) in [5, 5.41) is 0. The van der Waals surface area contributed by atoms with Gasteiger partial charge in [-0.25, -0.2) is 14.4 Å². The molecular formula is C40H40O17. The molecule has 2 aliphatic heterocycles. The summed E-state index contributed by atoms with van der Waals surface area (Å²) in [5.74, 6) is -5.90. The van der Waals surface area contributed by atoms with Crippen LogP contribution >= 0.6 is 0 Å². The molecule has 0 amide bonds. The van der Waals surface area contributed by atoms with Crippen LogP contribution in [-0.4, -0.2) is 110 Å². The number of hydrogen-bond donors (Lipinski definition) is 0. The lowest BCUT2D eigenvalue weighted by Gasteiger charge is -2.43. The highest BCUT2D eigenvalue weighted by atomic mass is 16.8. The van der Waals surface area contributed by atoms with Crippen molar-refractivity contribution in [2.75, 3.05) is 13.2 Å². The van der Waals surface area contributed by atoms with Crippen LogP contribution in [0.4, 0.5) is 0 Å². The van der Waals surface area contributed by atoms with Gasteiger partial charge in [-0.15, -0.1) is 0 Å². The van der Waals surface area contributed by atoms with E-state index in [-0.39, 0.29) is 16.7 Å². The molecule has 2 fully saturated rings. The molecule has 17 heteroatoms. The molecule has 2 aliphatic rings. The molecule has 3 aromatic carbocycles. The first-order chi connectivity index (χ1) is 27.3. The van der Waals surface area contributed by atoms with Gasteiger partial charge < -0.3 is 47.4 Å². The van der Waals surface area contributed by atoms with Gasteiger partial charge in [-0.05, 0) is 36.4 Å². The summed E-state index contributed by atoms with van der Waals surface area (Å²) in [4.78, 5) is 88.8. The molecule has 2 heterocycles. The Kier molecular flexibility index (Phi) is 14.4. The second-order valence-corrected chi connectivity index (χ2v) is 12.7. The summed E-state index contributed by atoms with van der Waals surface area (Å²) in [5.41, 5.74) is 0.486. The molecule has 302 valence electrons. The quantitative estimate of drug-likeness (QED) is 0.169. The largest absolute Gasteiger partial charge is 0.459 e. The van der Waals surface area contributed by atoms with E-state index in [2.05, 4.69) is 0 Å². The van der Waals surface area contributed by atoms with Crippen molar-refractivity contribution in [3.05, 3.63) is 108 Å². The number of ether oxygens (including phenoxy) is 10. The third-order valence-electron chi connectivity index (χ3n) is 8.37. The van der Waals surface area contributed by atoms with Crippen molar-refractivity contribution in [3.8, 4) is 0 Å². The van der Waals surface area contributed by atoms with Gasteiger partial charge in [0, 0.05) is 27.7 Å². The van der Waals surface area contributed by atoms with E-state index in [1.165, 1.54) is 36.4 Å². The normalized spacial score (nSPS) is 25.2. The van der Waals surface area contributed by atoms with Gasteiger partial charge in [0.1, 0.15) is 18.8 Å². The van der Waals surface area contributed by atoms with Crippen molar-refractivity contribution in [2.24, 2.45) is 0 Å². The second kappa shape index (κ2) is 19.6. The lowest BCUT2D eigenvalue weighted by Crippen LogP contribution is -2.63. The van der Waals surface area contributed by atoms with Gasteiger partial charge >= 0.3 is 41.8 Å². The molecule has 17 nitrogen and oxygen atoms in total. The van der Waals surface area contributed by atoms with Crippen LogP contribution in [0.3, 0.4) is 0 Å². The Hall–Kier alpha value is -6.17. The number of carbonyl (C=O) groups excluding carboxylic acids is 7. The molecular weight excluding hydrogens is 752 g/mol. The average Bonchev–Trinajstić information content (AvgIpc) is 3.50. The molecule has 57 heavy (non-hydrogen) atoms. The number of carbonyl (C=O) groups is 7. The minimum absolute atomic E-state index is 0.124. The molecule has 0 bridgehead atoms. The van der Waals surface area contributed by atoms with E-state index in [4.69, 9.17) is 47.4 Å². The Morgan fingerprint density at radius 2 is 0.789 bits per heavy atom. The van der Waals surface area contributed by atoms with Crippen molar-refractivity contribution in [1.82, 2.24) is 0 Å². The van der Waals surface area contributed by atoms with Crippen LogP contribution in [0, 0.1) is 0 Å². The van der Waals surface area contributed by atoms with Crippen LogP contribution in [0.1, 0.15) is 58.8 Å². The Labute approximate surface area is 326 Å². The fraction of sp³-hybridized carbons (Fsp3) is 0.375. The van der Waals surface area contributed by atoms with Gasteiger partial charge in [0.25, 0.3) is 0 Å². The summed E-state index contributed by atoms with van der Waals surface area (Å²) in [7, 11) is 0. The minimum Gasteiger partial charge on any atom is -0.459 e. The van der Waals surface area contributed by atoms with Crippen LogP contribution in [0.2, 0.25) is 0 Å². The average molecular weight is 793 g/mol. The predicted molar refractivity (Wildman–Crippen MR) is 190 cm³/mol. The van der Waals surface area contributed by atoms with Gasteiger partial charge in [-0.3, -0.25) is 19.2 Å². The van der Waals surface area contributed by atoms with Gasteiger partial charge in [0.15, 0.2) is 30.7 Å². The van der Waals surface area contributed by atoms with Crippen molar-refractivity contribution in [3.63, 3.8) is 0 Å². The lowest BCUT2D eigenvalue weighted by atomic mass is 9.98. The summed E-state index contributed by atoms with van der Waals surface area (Å²) in [6.45, 7) is 3.08. The van der Waals surface area contributed by atoms with Gasteiger partial charge in [-0.2, -0.15) is 0 Å². The van der Waals surface area contributed by atoms with Gasteiger partial charge in [0.05, 0.1) is 23.3 Å². The van der Waals surface area contributed by atoms with Crippen molar-refractivity contribution >= 4 is 41.8 Å². The predicted octanol–water partition coefficient (Wildman–Crippen LogP) is 3.12. The van der Waals surface area contributed by atoms with Crippen molar-refractivity contribution in [1.29, 1.82) is 0 Å². The number of rotatable bonds is 14. The molecule has 0 saturated carbocycles. The van der Waals surface area contributed by atoms with Crippen LogP contribution in [-0.2, 0) is 66.5 Å². The third kappa shape index (κ3) is 11.4. The zero-order chi connectivity index (χ0) is 41.1. The Balaban J connectivity index is 1.48. The fourth-order valence-electron chi connectivity index (χ4n) is 6.01. The molecule has 0 unspecified atom stereocenters. The summed E-state index contributed by atoms with van der Waals surface area (Å²) >= 11 is 0. The first kappa shape index (κ1) is 42.0. The molecule has 9 atom stereocenters. The first-order valence-corrected chi connectivity index (χ1v) is 17.7. The Bertz CT molecular complexity index is 1890. The Morgan fingerprint density at radius 1 is 0.421 bits per heavy atom. The summed E-state index contributed by atoms with van der Waals surface area (Å²) in [6, 6.07) is 23.8. The highest BCUT2D eigenvalue weighted by Crippen LogP contribution is 2.33. The van der Waals surface area contributed by atoms with Gasteiger partial charge in [0.2, 0.25) is 12.4 Å². The van der Waals surface area contributed by atoms with Crippen LogP contribution < -0.4 is 0 Å². The molecule has 0 aliphatic carbocycles. The number of hydrogen-bond acceptors (Lipinski definition) is 17. The second-order valence-electron chi connectivity index (χ2n) is 12.7. The van der Waals surface area contributed by atoms with E-state index < -0.39 is 110 Å². The zero-order valence-corrected chi connectivity index (χ0v) is 31.2. The van der Waals surface area contributed by atoms with Gasteiger partial charge in [-0.1, -0.05) is 54.6 Å². The summed E-state index contributed by atoms with van der Waals surface area (Å²) < 4.78 is 57.1. The molecule has 0 spiro atoms. The lowest BCUT2D eigenvalue weighted by molar-refractivity contribution is -0.307. The van der Waals surface area contributed by atoms with E-state index in [1.807, 2.05) is 0 Å². The number of benzene rings is 3. The maximum absolute atomic E-state index is 13.5. The maximum atomic E-state index is 13.5. The minimum atomic E-state index is -1.70. The third-order valence-corrected chi connectivity index (χ3v) is 8.37. The maximum Gasteiger partial charge on any atom is 0.338 e. The molecule has 5 rings (SSSR count). The van der Waals surface area contributed by atoms with Crippen LogP contribution in [0.5, 0.6) is 0 Å². The fourth-order valence-corrected chi connectivity index (χ4v) is 6.01. The summed E-state index contributed by atoms with van der Waals surface area (Å²) in [6.07, 6.45) is -13.7. The monoisotopic (exact) mass is 792 g/mol. The molecule has 0 N–H and O–H groups in total. The molecule has 0 radical (unpaired) electrons. The first-order valence-electron chi connectivity index (χ1n) is 17.7. The van der Waals surface area contributed by atoms with E-state index in [0.717, 1.165) is 27.7 Å². The van der Waals surface area contributed by atoms with Crippen LogP contribution in [0.15, 0.2) is 91.0 Å². The Morgan fingerprint density at radius 3 is 1.28 bits per heavy atom. The topological polar surface area (TPSA) is 212 Å². The zero-order valence-electron chi connectivity index (χ0n) is 31.2. The van der Waals surface area contributed by atoms with E-state index >= 15 is 0 Å². The van der Waals surface area contributed by atoms with Crippen LogP contribution in [0.25, 0.3) is 0 Å². The molecule has 2 saturated heterocycles. The van der Waals surface area contributed by atoms with E-state index in [0.29, 0.717) is 0 Å². The van der Waals surface area contributed by atoms with Crippen molar-refractivity contribution < 1.29 is 80.9 Å². The van der Waals surface area contributed by atoms with E-state index in [1.54, 1.807) is 54.6 Å². The highest BCUT2D eigenvalue weighted by molar-refractivity contribution is 5.91. The van der Waals surface area contributed by atoms with Crippen molar-refractivity contribution in [2.45, 2.75) is 83.0 Å². The van der Waals surface area contributed by atoms with E-state index in [9.17, 15) is 33.6 Å². The molecule has 0 aromatic heterocycles.